The van der Waals surface area contributed by atoms with Crippen molar-refractivity contribution in [1.29, 1.82) is 0 Å². The van der Waals surface area contributed by atoms with Crippen molar-refractivity contribution in [2.24, 2.45) is 5.73 Å². The Labute approximate surface area is 122 Å². The summed E-state index contributed by atoms with van der Waals surface area (Å²) in [6.07, 6.45) is 5.51. The molecule has 0 amide bonds. The minimum Gasteiger partial charge on any atom is -0.370 e. The van der Waals surface area contributed by atoms with Gasteiger partial charge in [-0.25, -0.2) is 0 Å². The van der Waals surface area contributed by atoms with E-state index >= 15 is 0 Å². The van der Waals surface area contributed by atoms with Crippen LogP contribution in [0.3, 0.4) is 0 Å². The molecule has 2 aliphatic rings. The van der Waals surface area contributed by atoms with Crippen LogP contribution in [0.4, 0.5) is 5.69 Å². The van der Waals surface area contributed by atoms with Crippen molar-refractivity contribution in [3.05, 3.63) is 29.8 Å². The molecular weight excluding hydrogens is 246 g/mol. The summed E-state index contributed by atoms with van der Waals surface area (Å²) in [4.78, 5) is 5.24. The van der Waals surface area contributed by atoms with Crippen molar-refractivity contribution in [1.82, 2.24) is 4.90 Å². The molecule has 0 bridgehead atoms. The average molecular weight is 273 g/mol. The number of nitrogens with zero attached hydrogens (tertiary/aromatic N) is 2. The number of anilines is 1. The highest BCUT2D eigenvalue weighted by Gasteiger charge is 2.28. The molecule has 2 fully saturated rings. The third-order valence-electron chi connectivity index (χ3n) is 4.85. The number of hydrogen-bond acceptors (Lipinski definition) is 3. The van der Waals surface area contributed by atoms with Crippen LogP contribution < -0.4 is 10.6 Å². The lowest BCUT2D eigenvalue weighted by Gasteiger charge is -2.32. The zero-order valence-electron chi connectivity index (χ0n) is 12.6. The molecule has 0 spiro atoms. The minimum atomic E-state index is 0.128. The van der Waals surface area contributed by atoms with Crippen molar-refractivity contribution in [3.63, 3.8) is 0 Å². The van der Waals surface area contributed by atoms with Gasteiger partial charge in [-0.2, -0.15) is 0 Å². The van der Waals surface area contributed by atoms with E-state index in [0.717, 1.165) is 6.04 Å². The number of hydrogen-bond donors (Lipinski definition) is 1. The predicted octanol–water partition coefficient (Wildman–Crippen LogP) is 2.77. The average Bonchev–Trinajstić information content (AvgIpc) is 2.98. The topological polar surface area (TPSA) is 32.5 Å². The molecule has 3 nitrogen and oxygen atoms in total. The van der Waals surface area contributed by atoms with E-state index in [4.69, 9.17) is 5.73 Å². The zero-order valence-corrected chi connectivity index (χ0v) is 12.6. The zero-order chi connectivity index (χ0) is 13.9. The Kier molecular flexibility index (Phi) is 4.27. The number of piperidine rings is 1. The second-order valence-corrected chi connectivity index (χ2v) is 6.37. The molecule has 1 unspecified atom stereocenters. The lowest BCUT2D eigenvalue weighted by molar-refractivity contribution is 0.175. The van der Waals surface area contributed by atoms with Crippen LogP contribution in [0.25, 0.3) is 0 Å². The molecule has 3 rings (SSSR count). The van der Waals surface area contributed by atoms with Crippen molar-refractivity contribution >= 4 is 5.69 Å². The molecule has 2 saturated heterocycles. The van der Waals surface area contributed by atoms with E-state index in [1.807, 2.05) is 6.92 Å². The second kappa shape index (κ2) is 6.15. The number of rotatable bonds is 3. The Bertz CT molecular complexity index is 420. The highest BCUT2D eigenvalue weighted by atomic mass is 15.3. The van der Waals surface area contributed by atoms with Crippen LogP contribution in [-0.2, 0) is 0 Å². The van der Waals surface area contributed by atoms with Gasteiger partial charge in [0.1, 0.15) is 0 Å². The summed E-state index contributed by atoms with van der Waals surface area (Å²) in [5.74, 6) is 0. The summed E-state index contributed by atoms with van der Waals surface area (Å²) in [6.45, 7) is 7.04. The Hall–Kier alpha value is -1.06. The lowest BCUT2D eigenvalue weighted by Crippen LogP contribution is -2.40. The van der Waals surface area contributed by atoms with Gasteiger partial charge in [0.2, 0.25) is 0 Å². The molecule has 1 aromatic carbocycles. The third-order valence-corrected chi connectivity index (χ3v) is 4.85. The summed E-state index contributed by atoms with van der Waals surface area (Å²) in [5, 5.41) is 0. The van der Waals surface area contributed by atoms with E-state index in [0.29, 0.717) is 0 Å². The predicted molar refractivity (Wildman–Crippen MR) is 85.1 cm³/mol. The lowest BCUT2D eigenvalue weighted by atomic mass is 10.1. The van der Waals surface area contributed by atoms with Crippen LogP contribution in [0.1, 0.15) is 44.2 Å². The molecule has 0 saturated carbocycles. The van der Waals surface area contributed by atoms with Gasteiger partial charge in [0.15, 0.2) is 0 Å². The molecular formula is C17H27N3. The first-order valence-electron chi connectivity index (χ1n) is 8.08. The van der Waals surface area contributed by atoms with Crippen molar-refractivity contribution < 1.29 is 0 Å². The van der Waals surface area contributed by atoms with Crippen molar-refractivity contribution in [2.45, 2.75) is 44.7 Å². The maximum absolute atomic E-state index is 5.92. The first-order chi connectivity index (χ1) is 9.74. The second-order valence-electron chi connectivity index (χ2n) is 6.37. The highest BCUT2D eigenvalue weighted by Crippen LogP contribution is 2.26. The first-order valence-corrected chi connectivity index (χ1v) is 8.08. The Balaban J connectivity index is 1.61. The molecule has 0 aromatic heterocycles. The molecule has 110 valence electrons. The van der Waals surface area contributed by atoms with Gasteiger partial charge in [0.25, 0.3) is 0 Å². The van der Waals surface area contributed by atoms with Crippen LogP contribution >= 0.6 is 0 Å². The summed E-state index contributed by atoms with van der Waals surface area (Å²) in [6, 6.07) is 9.71. The summed E-state index contributed by atoms with van der Waals surface area (Å²) in [5.41, 5.74) is 8.49. The molecule has 0 radical (unpaired) electrons. The summed E-state index contributed by atoms with van der Waals surface area (Å²) in [7, 11) is 0. The van der Waals surface area contributed by atoms with Crippen LogP contribution in [0, 0.1) is 0 Å². The normalized spacial score (nSPS) is 25.9. The van der Waals surface area contributed by atoms with E-state index in [2.05, 4.69) is 34.1 Å². The first kappa shape index (κ1) is 13.9. The summed E-state index contributed by atoms with van der Waals surface area (Å²) < 4.78 is 0. The third kappa shape index (κ3) is 2.99. The fraction of sp³-hybridized carbons (Fsp3) is 0.647. The van der Waals surface area contributed by atoms with E-state index < -0.39 is 0 Å². The summed E-state index contributed by atoms with van der Waals surface area (Å²) >= 11 is 0. The Morgan fingerprint density at radius 1 is 1.05 bits per heavy atom. The minimum absolute atomic E-state index is 0.128. The van der Waals surface area contributed by atoms with E-state index in [1.54, 1.807) is 0 Å². The van der Waals surface area contributed by atoms with E-state index in [1.165, 1.54) is 63.1 Å². The van der Waals surface area contributed by atoms with E-state index in [-0.39, 0.29) is 6.04 Å². The quantitative estimate of drug-likeness (QED) is 0.919. The SMILES string of the molecule is C[C@@H](N)c1ccc(N2CCC(N3CCCCC3)C2)cc1. The Morgan fingerprint density at radius 3 is 2.40 bits per heavy atom. The standard InChI is InChI=1S/C17H27N3/c1-14(18)15-5-7-16(8-6-15)20-12-9-17(13-20)19-10-3-2-4-11-19/h5-8,14,17H,2-4,9-13,18H2,1H3/t14-,17?/m1/s1. The Morgan fingerprint density at radius 2 is 1.75 bits per heavy atom. The number of benzene rings is 1. The molecule has 2 atom stereocenters. The molecule has 1 aromatic rings. The largest absolute Gasteiger partial charge is 0.370 e. The molecule has 3 heteroatoms. The monoisotopic (exact) mass is 273 g/mol. The smallest absolute Gasteiger partial charge is 0.0366 e. The van der Waals surface area contributed by atoms with E-state index in [9.17, 15) is 0 Å². The fourth-order valence-electron chi connectivity index (χ4n) is 3.55. The van der Waals surface area contributed by atoms with Crippen molar-refractivity contribution in [2.75, 3.05) is 31.1 Å². The van der Waals surface area contributed by atoms with Crippen LogP contribution in [0.5, 0.6) is 0 Å². The molecule has 2 aliphatic heterocycles. The maximum atomic E-state index is 5.92. The van der Waals surface area contributed by atoms with Crippen LogP contribution in [-0.4, -0.2) is 37.1 Å². The van der Waals surface area contributed by atoms with Gasteiger partial charge in [-0.3, -0.25) is 4.90 Å². The molecule has 2 N–H and O–H groups in total. The van der Waals surface area contributed by atoms with Gasteiger partial charge in [-0.05, 0) is 57.0 Å². The fourth-order valence-corrected chi connectivity index (χ4v) is 3.55. The molecule has 20 heavy (non-hydrogen) atoms. The van der Waals surface area contributed by atoms with Gasteiger partial charge in [-0.15, -0.1) is 0 Å². The highest BCUT2D eigenvalue weighted by molar-refractivity contribution is 5.49. The van der Waals surface area contributed by atoms with Gasteiger partial charge in [-0.1, -0.05) is 18.6 Å². The van der Waals surface area contributed by atoms with Crippen LogP contribution in [0.2, 0.25) is 0 Å². The van der Waals surface area contributed by atoms with Crippen LogP contribution in [0.15, 0.2) is 24.3 Å². The number of nitrogens with two attached hydrogens (primary N) is 1. The number of likely N-dealkylation sites (tertiary alicyclic amines) is 1. The van der Waals surface area contributed by atoms with Gasteiger partial charge in [0.05, 0.1) is 0 Å². The van der Waals surface area contributed by atoms with Gasteiger partial charge < -0.3 is 10.6 Å². The maximum Gasteiger partial charge on any atom is 0.0366 e. The molecule has 2 heterocycles. The molecule has 0 aliphatic carbocycles. The van der Waals surface area contributed by atoms with Crippen molar-refractivity contribution in [3.8, 4) is 0 Å². The van der Waals surface area contributed by atoms with Gasteiger partial charge in [0, 0.05) is 30.9 Å². The van der Waals surface area contributed by atoms with Gasteiger partial charge >= 0.3 is 0 Å².